The number of rotatable bonds is 7. The second-order valence-corrected chi connectivity index (χ2v) is 7.23. The lowest BCUT2D eigenvalue weighted by molar-refractivity contribution is 0.536. The van der Waals surface area contributed by atoms with Crippen LogP contribution in [0.25, 0.3) is 0 Å². The zero-order chi connectivity index (χ0) is 12.8. The van der Waals surface area contributed by atoms with Crippen LogP contribution in [-0.2, 0) is 12.8 Å². The minimum atomic E-state index is 0.477. The van der Waals surface area contributed by atoms with Gasteiger partial charge in [0.05, 0.1) is 11.7 Å². The lowest BCUT2D eigenvalue weighted by Gasteiger charge is -2.14. The van der Waals surface area contributed by atoms with Gasteiger partial charge in [-0.3, -0.25) is 0 Å². The number of hydrogen-bond acceptors (Lipinski definition) is 4. The van der Waals surface area contributed by atoms with Gasteiger partial charge < -0.3 is 5.32 Å². The molecule has 0 spiro atoms. The van der Waals surface area contributed by atoms with Crippen molar-refractivity contribution in [3.05, 3.63) is 15.6 Å². The molecule has 2 rings (SSSR count). The molecular formula is C14H24N2S2. The highest BCUT2D eigenvalue weighted by Crippen LogP contribution is 2.31. The number of nitrogens with one attached hydrogen (secondary N) is 1. The van der Waals surface area contributed by atoms with Gasteiger partial charge in [0, 0.05) is 4.88 Å². The summed E-state index contributed by atoms with van der Waals surface area (Å²) in [7, 11) is 0. The molecule has 1 aliphatic carbocycles. The fourth-order valence-electron chi connectivity index (χ4n) is 2.43. The van der Waals surface area contributed by atoms with E-state index in [1.807, 2.05) is 23.1 Å². The number of aromatic nitrogens is 1. The second-order valence-electron chi connectivity index (χ2n) is 4.72. The largest absolute Gasteiger partial charge is 0.308 e. The summed E-state index contributed by atoms with van der Waals surface area (Å²) in [5.74, 6) is 2.45. The average Bonchev–Trinajstić information content (AvgIpc) is 2.81. The average molecular weight is 284 g/mol. The maximum atomic E-state index is 4.90. The predicted molar refractivity (Wildman–Crippen MR) is 82.8 cm³/mol. The Morgan fingerprint density at radius 2 is 2.17 bits per heavy atom. The van der Waals surface area contributed by atoms with Gasteiger partial charge in [-0.1, -0.05) is 13.8 Å². The van der Waals surface area contributed by atoms with Crippen molar-refractivity contribution in [1.29, 1.82) is 0 Å². The molecule has 2 nitrogen and oxygen atoms in total. The number of nitrogens with zero attached hydrogens (tertiary/aromatic N) is 1. The number of aryl methyl sites for hydroxylation is 2. The molecule has 18 heavy (non-hydrogen) atoms. The molecule has 0 aliphatic heterocycles. The van der Waals surface area contributed by atoms with Gasteiger partial charge in [-0.05, 0) is 50.2 Å². The first-order valence-corrected chi connectivity index (χ1v) is 9.11. The van der Waals surface area contributed by atoms with E-state index in [4.69, 9.17) is 4.98 Å². The van der Waals surface area contributed by atoms with Gasteiger partial charge in [0.1, 0.15) is 5.01 Å². The van der Waals surface area contributed by atoms with E-state index in [2.05, 4.69) is 19.2 Å². The first-order valence-electron chi connectivity index (χ1n) is 7.14. The van der Waals surface area contributed by atoms with Crippen molar-refractivity contribution < 1.29 is 0 Å². The van der Waals surface area contributed by atoms with Crippen LogP contribution >= 0.6 is 23.1 Å². The maximum Gasteiger partial charge on any atom is 0.110 e. The Morgan fingerprint density at radius 1 is 1.33 bits per heavy atom. The minimum absolute atomic E-state index is 0.477. The summed E-state index contributed by atoms with van der Waals surface area (Å²) in [6.07, 6.45) is 6.35. The Labute approximate surface area is 119 Å². The SMILES string of the molecule is CCNC(CCSCC)c1nc2c(s1)CCCC2. The van der Waals surface area contributed by atoms with Crippen molar-refractivity contribution in [3.8, 4) is 0 Å². The minimum Gasteiger partial charge on any atom is -0.308 e. The van der Waals surface area contributed by atoms with Gasteiger partial charge in [-0.25, -0.2) is 4.98 Å². The van der Waals surface area contributed by atoms with Crippen molar-refractivity contribution in [2.24, 2.45) is 0 Å². The Morgan fingerprint density at radius 3 is 2.89 bits per heavy atom. The van der Waals surface area contributed by atoms with E-state index in [-0.39, 0.29) is 0 Å². The fourth-order valence-corrected chi connectivity index (χ4v) is 4.38. The van der Waals surface area contributed by atoms with E-state index >= 15 is 0 Å². The molecule has 1 aromatic heterocycles. The lowest BCUT2D eigenvalue weighted by Crippen LogP contribution is -2.21. The quantitative estimate of drug-likeness (QED) is 0.771. The van der Waals surface area contributed by atoms with Crippen molar-refractivity contribution in [3.63, 3.8) is 0 Å². The molecular weight excluding hydrogens is 260 g/mol. The van der Waals surface area contributed by atoms with Crippen LogP contribution in [0.2, 0.25) is 0 Å². The number of hydrogen-bond donors (Lipinski definition) is 1. The molecule has 0 amide bonds. The van der Waals surface area contributed by atoms with E-state index in [0.29, 0.717) is 6.04 Å². The smallest absolute Gasteiger partial charge is 0.110 e. The van der Waals surface area contributed by atoms with Gasteiger partial charge >= 0.3 is 0 Å². The van der Waals surface area contributed by atoms with Crippen LogP contribution in [-0.4, -0.2) is 23.0 Å². The normalized spacial score (nSPS) is 16.6. The molecule has 1 aliphatic rings. The highest BCUT2D eigenvalue weighted by Gasteiger charge is 2.20. The maximum absolute atomic E-state index is 4.90. The number of thioether (sulfide) groups is 1. The van der Waals surface area contributed by atoms with Crippen LogP contribution in [0.1, 0.15) is 54.7 Å². The standard InChI is InChI=1S/C14H24N2S2/c1-3-15-12(9-10-17-4-2)14-16-11-7-5-6-8-13(11)18-14/h12,15H,3-10H2,1-2H3. The summed E-state index contributed by atoms with van der Waals surface area (Å²) in [6, 6.07) is 0.477. The van der Waals surface area contributed by atoms with Gasteiger partial charge in [0.2, 0.25) is 0 Å². The topological polar surface area (TPSA) is 24.9 Å². The third-order valence-corrected chi connectivity index (χ3v) is 5.57. The summed E-state index contributed by atoms with van der Waals surface area (Å²) >= 11 is 3.99. The number of thiazole rings is 1. The summed E-state index contributed by atoms with van der Waals surface area (Å²) in [4.78, 5) is 6.45. The summed E-state index contributed by atoms with van der Waals surface area (Å²) in [6.45, 7) is 5.45. The van der Waals surface area contributed by atoms with Crippen molar-refractivity contribution >= 4 is 23.1 Å². The highest BCUT2D eigenvalue weighted by molar-refractivity contribution is 7.99. The molecule has 1 N–H and O–H groups in total. The summed E-state index contributed by atoms with van der Waals surface area (Å²) < 4.78 is 0. The first kappa shape index (κ1) is 14.4. The van der Waals surface area contributed by atoms with E-state index in [0.717, 1.165) is 6.54 Å². The molecule has 1 heterocycles. The Bertz CT molecular complexity index is 339. The van der Waals surface area contributed by atoms with Gasteiger partial charge in [-0.2, -0.15) is 11.8 Å². The third-order valence-electron chi connectivity index (χ3n) is 3.37. The van der Waals surface area contributed by atoms with E-state index in [9.17, 15) is 0 Å². The van der Waals surface area contributed by atoms with E-state index < -0.39 is 0 Å². The first-order chi connectivity index (χ1) is 8.85. The molecule has 1 aromatic rings. The molecule has 1 unspecified atom stereocenters. The molecule has 102 valence electrons. The van der Waals surface area contributed by atoms with Crippen LogP contribution in [0.4, 0.5) is 0 Å². The summed E-state index contributed by atoms with van der Waals surface area (Å²) in [5.41, 5.74) is 1.40. The molecule has 0 aromatic carbocycles. The molecule has 0 radical (unpaired) electrons. The zero-order valence-corrected chi connectivity index (χ0v) is 13.1. The van der Waals surface area contributed by atoms with Crippen LogP contribution in [0, 0.1) is 0 Å². The Balaban J connectivity index is 2.02. The van der Waals surface area contributed by atoms with Crippen LogP contribution in [0.15, 0.2) is 0 Å². The molecule has 4 heteroatoms. The third kappa shape index (κ3) is 3.72. The predicted octanol–water partition coefficient (Wildman–Crippen LogP) is 3.82. The summed E-state index contributed by atoms with van der Waals surface area (Å²) in [5, 5.41) is 4.94. The van der Waals surface area contributed by atoms with Crippen LogP contribution in [0.5, 0.6) is 0 Å². The molecule has 0 saturated heterocycles. The lowest BCUT2D eigenvalue weighted by atomic mass is 10.0. The second kappa shape index (κ2) is 7.51. The van der Waals surface area contributed by atoms with Gasteiger partial charge in [0.25, 0.3) is 0 Å². The van der Waals surface area contributed by atoms with E-state index in [1.165, 1.54) is 54.3 Å². The highest BCUT2D eigenvalue weighted by atomic mass is 32.2. The molecule has 0 fully saturated rings. The monoisotopic (exact) mass is 284 g/mol. The number of fused-ring (bicyclic) bond motifs is 1. The van der Waals surface area contributed by atoms with E-state index in [1.54, 1.807) is 4.88 Å². The molecule has 0 saturated carbocycles. The Kier molecular flexibility index (Phi) is 5.99. The zero-order valence-electron chi connectivity index (χ0n) is 11.5. The Hall–Kier alpha value is -0.0600. The molecule has 0 bridgehead atoms. The molecule has 1 atom stereocenters. The van der Waals surface area contributed by atoms with Crippen LogP contribution < -0.4 is 5.32 Å². The van der Waals surface area contributed by atoms with Crippen LogP contribution in [0.3, 0.4) is 0 Å². The van der Waals surface area contributed by atoms with Crippen molar-refractivity contribution in [2.75, 3.05) is 18.1 Å². The van der Waals surface area contributed by atoms with Gasteiger partial charge in [-0.15, -0.1) is 11.3 Å². The van der Waals surface area contributed by atoms with Crippen molar-refractivity contribution in [1.82, 2.24) is 10.3 Å². The fraction of sp³-hybridized carbons (Fsp3) is 0.786. The van der Waals surface area contributed by atoms with Gasteiger partial charge in [0.15, 0.2) is 0 Å². The van der Waals surface area contributed by atoms with Crippen molar-refractivity contribution in [2.45, 2.75) is 52.0 Å².